The minimum absolute atomic E-state index is 0.600. The summed E-state index contributed by atoms with van der Waals surface area (Å²) >= 11 is 0. The van der Waals surface area contributed by atoms with Gasteiger partial charge in [0.2, 0.25) is 0 Å². The molecule has 3 aromatic rings. The van der Waals surface area contributed by atoms with Gasteiger partial charge in [-0.05, 0) is 24.0 Å². The summed E-state index contributed by atoms with van der Waals surface area (Å²) in [5.41, 5.74) is 3.69. The van der Waals surface area contributed by atoms with Gasteiger partial charge in [-0.2, -0.15) is 0 Å². The Hall–Kier alpha value is -2.48. The SMILES string of the molecule is [B](Cc1ccccc1)c1cccc(OCc2ccccc2)c1. The van der Waals surface area contributed by atoms with E-state index in [2.05, 4.69) is 55.8 Å². The fourth-order valence-corrected chi connectivity index (χ4v) is 2.32. The maximum Gasteiger partial charge on any atom is 0.156 e. The van der Waals surface area contributed by atoms with Crippen LogP contribution in [0.2, 0.25) is 0 Å². The Bertz CT molecular complexity index is 636. The predicted molar refractivity (Wildman–Crippen MR) is 92.8 cm³/mol. The minimum atomic E-state index is 0.600. The van der Waals surface area contributed by atoms with Crippen molar-refractivity contribution < 1.29 is 4.74 Å². The summed E-state index contributed by atoms with van der Waals surface area (Å²) in [6.45, 7) is 0.600. The second-order valence-electron chi connectivity index (χ2n) is 5.24. The molecule has 0 saturated carbocycles. The van der Waals surface area contributed by atoms with E-state index in [0.717, 1.165) is 12.1 Å². The molecule has 0 spiro atoms. The molecule has 0 unspecified atom stereocenters. The summed E-state index contributed by atoms with van der Waals surface area (Å²) in [4.78, 5) is 0. The highest BCUT2D eigenvalue weighted by molar-refractivity contribution is 6.52. The number of rotatable bonds is 6. The fraction of sp³-hybridized carbons (Fsp3) is 0.100. The van der Waals surface area contributed by atoms with Gasteiger partial charge in [0.25, 0.3) is 0 Å². The highest BCUT2D eigenvalue weighted by Gasteiger charge is 2.01. The van der Waals surface area contributed by atoms with Crippen LogP contribution in [0.15, 0.2) is 84.9 Å². The molecule has 22 heavy (non-hydrogen) atoms. The third-order valence-electron chi connectivity index (χ3n) is 3.52. The van der Waals surface area contributed by atoms with Crippen LogP contribution in [0, 0.1) is 0 Å². The lowest BCUT2D eigenvalue weighted by atomic mass is 9.65. The van der Waals surface area contributed by atoms with Crippen molar-refractivity contribution in [1.82, 2.24) is 0 Å². The molecule has 107 valence electrons. The lowest BCUT2D eigenvalue weighted by molar-refractivity contribution is 0.306. The minimum Gasteiger partial charge on any atom is -0.489 e. The first-order valence-corrected chi connectivity index (χ1v) is 7.54. The number of hydrogen-bond acceptors (Lipinski definition) is 1. The van der Waals surface area contributed by atoms with Crippen LogP contribution >= 0.6 is 0 Å². The zero-order chi connectivity index (χ0) is 15.0. The molecule has 0 heterocycles. The Balaban J connectivity index is 1.58. The first-order valence-electron chi connectivity index (χ1n) is 7.54. The zero-order valence-electron chi connectivity index (χ0n) is 12.5. The molecule has 0 aliphatic carbocycles. The van der Waals surface area contributed by atoms with Gasteiger partial charge in [-0.25, -0.2) is 0 Å². The van der Waals surface area contributed by atoms with Crippen LogP contribution < -0.4 is 10.2 Å². The van der Waals surface area contributed by atoms with Gasteiger partial charge < -0.3 is 4.74 Å². The molecule has 3 aromatic carbocycles. The first-order chi connectivity index (χ1) is 10.9. The molecular formula is C20H18BO. The second kappa shape index (κ2) is 7.51. The smallest absolute Gasteiger partial charge is 0.156 e. The lowest BCUT2D eigenvalue weighted by Gasteiger charge is -2.08. The first kappa shape index (κ1) is 14.5. The molecule has 1 nitrogen and oxygen atoms in total. The summed E-state index contributed by atoms with van der Waals surface area (Å²) < 4.78 is 5.86. The van der Waals surface area contributed by atoms with E-state index in [-0.39, 0.29) is 0 Å². The molecule has 0 saturated heterocycles. The zero-order valence-corrected chi connectivity index (χ0v) is 12.5. The largest absolute Gasteiger partial charge is 0.489 e. The molecule has 1 radical (unpaired) electrons. The van der Waals surface area contributed by atoms with Gasteiger partial charge in [-0.15, -0.1) is 0 Å². The van der Waals surface area contributed by atoms with E-state index in [4.69, 9.17) is 4.74 Å². The van der Waals surface area contributed by atoms with Crippen LogP contribution in [-0.2, 0) is 12.9 Å². The Morgan fingerprint density at radius 2 is 1.36 bits per heavy atom. The molecule has 0 N–H and O–H groups in total. The van der Waals surface area contributed by atoms with E-state index in [1.165, 1.54) is 16.6 Å². The van der Waals surface area contributed by atoms with Crippen molar-refractivity contribution in [3.05, 3.63) is 96.1 Å². The van der Waals surface area contributed by atoms with E-state index >= 15 is 0 Å². The van der Waals surface area contributed by atoms with E-state index in [1.807, 2.05) is 36.4 Å². The fourth-order valence-electron chi connectivity index (χ4n) is 2.32. The molecule has 0 amide bonds. The Morgan fingerprint density at radius 1 is 0.682 bits per heavy atom. The normalized spacial score (nSPS) is 10.2. The van der Waals surface area contributed by atoms with Gasteiger partial charge in [0, 0.05) is 0 Å². The van der Waals surface area contributed by atoms with Crippen molar-refractivity contribution in [3.8, 4) is 5.75 Å². The summed E-state index contributed by atoms with van der Waals surface area (Å²) in [7, 11) is 2.23. The van der Waals surface area contributed by atoms with Gasteiger partial charge in [-0.1, -0.05) is 83.8 Å². The third kappa shape index (κ3) is 4.26. The molecule has 0 aliphatic rings. The average Bonchev–Trinajstić information content (AvgIpc) is 2.60. The molecule has 2 heteroatoms. The van der Waals surface area contributed by atoms with E-state index in [1.54, 1.807) is 0 Å². The third-order valence-corrected chi connectivity index (χ3v) is 3.52. The molecule has 0 bridgehead atoms. The molecule has 0 fully saturated rings. The van der Waals surface area contributed by atoms with Crippen LogP contribution in [0.5, 0.6) is 5.75 Å². The highest BCUT2D eigenvalue weighted by atomic mass is 16.5. The van der Waals surface area contributed by atoms with Crippen LogP contribution in [-0.4, -0.2) is 7.28 Å². The summed E-state index contributed by atoms with van der Waals surface area (Å²) in [6.07, 6.45) is 0.934. The topological polar surface area (TPSA) is 9.23 Å². The quantitative estimate of drug-likeness (QED) is 0.626. The van der Waals surface area contributed by atoms with E-state index in [0.29, 0.717) is 6.61 Å². The molecular weight excluding hydrogens is 267 g/mol. The van der Waals surface area contributed by atoms with Crippen molar-refractivity contribution >= 4 is 12.7 Å². The van der Waals surface area contributed by atoms with E-state index in [9.17, 15) is 0 Å². The maximum atomic E-state index is 5.86. The second-order valence-corrected chi connectivity index (χ2v) is 5.24. The Kier molecular flexibility index (Phi) is 4.94. The van der Waals surface area contributed by atoms with Crippen molar-refractivity contribution in [2.45, 2.75) is 12.9 Å². The summed E-state index contributed by atoms with van der Waals surface area (Å²) in [5, 5.41) is 0. The van der Waals surface area contributed by atoms with Gasteiger partial charge in [-0.3, -0.25) is 0 Å². The Morgan fingerprint density at radius 3 is 2.09 bits per heavy atom. The van der Waals surface area contributed by atoms with Crippen LogP contribution in [0.25, 0.3) is 0 Å². The van der Waals surface area contributed by atoms with Crippen LogP contribution in [0.4, 0.5) is 0 Å². The van der Waals surface area contributed by atoms with Crippen molar-refractivity contribution in [3.63, 3.8) is 0 Å². The molecule has 0 atom stereocenters. The Labute approximate surface area is 132 Å². The molecule has 0 aliphatic heterocycles. The number of ether oxygens (including phenoxy) is 1. The van der Waals surface area contributed by atoms with Gasteiger partial charge >= 0.3 is 0 Å². The van der Waals surface area contributed by atoms with Gasteiger partial charge in [0.05, 0.1) is 0 Å². The summed E-state index contributed by atoms with van der Waals surface area (Å²) in [6, 6.07) is 28.9. The van der Waals surface area contributed by atoms with Crippen LogP contribution in [0.1, 0.15) is 11.1 Å². The van der Waals surface area contributed by atoms with Gasteiger partial charge in [0.15, 0.2) is 7.28 Å². The number of hydrogen-bond donors (Lipinski definition) is 0. The lowest BCUT2D eigenvalue weighted by Crippen LogP contribution is -2.16. The van der Waals surface area contributed by atoms with Crippen LogP contribution in [0.3, 0.4) is 0 Å². The maximum absolute atomic E-state index is 5.86. The predicted octanol–water partition coefficient (Wildman–Crippen LogP) is 3.80. The average molecular weight is 285 g/mol. The molecule has 3 rings (SSSR count). The summed E-state index contributed by atoms with van der Waals surface area (Å²) in [5.74, 6) is 0.908. The monoisotopic (exact) mass is 285 g/mol. The molecule has 0 aromatic heterocycles. The number of benzene rings is 3. The van der Waals surface area contributed by atoms with Crippen molar-refractivity contribution in [2.75, 3.05) is 0 Å². The van der Waals surface area contributed by atoms with Gasteiger partial charge in [0.1, 0.15) is 12.4 Å². The van der Waals surface area contributed by atoms with Crippen molar-refractivity contribution in [2.24, 2.45) is 0 Å². The standard InChI is InChI=1S/C20H18BO/c1-3-8-17(9-4-1)15-21-19-12-7-13-20(14-19)22-16-18-10-5-2-6-11-18/h1-14H,15-16H2. The van der Waals surface area contributed by atoms with Crippen molar-refractivity contribution in [1.29, 1.82) is 0 Å². The van der Waals surface area contributed by atoms with E-state index < -0.39 is 0 Å². The highest BCUT2D eigenvalue weighted by Crippen LogP contribution is 2.11.